The molecule has 1 fully saturated rings. The van der Waals surface area contributed by atoms with E-state index in [0.29, 0.717) is 15.6 Å². The molecule has 1 saturated heterocycles. The summed E-state index contributed by atoms with van der Waals surface area (Å²) in [5.74, 6) is -0.271. The Bertz CT molecular complexity index is 730. The number of nitrogens with one attached hydrogen (secondary N) is 1. The van der Waals surface area contributed by atoms with Crippen molar-refractivity contribution in [3.8, 4) is 5.75 Å². The van der Waals surface area contributed by atoms with Crippen LogP contribution in [0.25, 0.3) is 0 Å². The van der Waals surface area contributed by atoms with Crippen molar-refractivity contribution >= 4 is 23.2 Å². The molecule has 0 saturated carbocycles. The van der Waals surface area contributed by atoms with Gasteiger partial charge in [0.2, 0.25) is 0 Å². The Labute approximate surface area is 158 Å². The molecule has 4 nitrogen and oxygen atoms in total. The van der Waals surface area contributed by atoms with Crippen LogP contribution in [0.4, 0.5) is 13.2 Å². The number of hydrogen-bond acceptors (Lipinski definition) is 4. The molecular formula is C17H16Cl2F3N3O. The maximum atomic E-state index is 12.4. The lowest BCUT2D eigenvalue weighted by molar-refractivity contribution is -0.274. The van der Waals surface area contributed by atoms with E-state index in [9.17, 15) is 13.2 Å². The Morgan fingerprint density at radius 2 is 1.62 bits per heavy atom. The predicted octanol–water partition coefficient (Wildman–Crippen LogP) is 4.28. The average molecular weight is 406 g/mol. The van der Waals surface area contributed by atoms with Crippen LogP contribution in [0.15, 0.2) is 36.7 Å². The number of halogens is 5. The van der Waals surface area contributed by atoms with Gasteiger partial charge in [-0.15, -0.1) is 13.2 Å². The molecular weight excluding hydrogens is 390 g/mol. The lowest BCUT2D eigenvalue weighted by Crippen LogP contribution is -2.45. The van der Waals surface area contributed by atoms with Gasteiger partial charge < -0.3 is 10.1 Å². The molecule has 2 aromatic rings. The predicted molar refractivity (Wildman–Crippen MR) is 93.7 cm³/mol. The molecule has 0 aliphatic carbocycles. The number of piperazine rings is 1. The molecule has 1 N–H and O–H groups in total. The van der Waals surface area contributed by atoms with Crippen molar-refractivity contribution in [1.29, 1.82) is 0 Å². The minimum Gasteiger partial charge on any atom is -0.406 e. The number of aromatic nitrogens is 1. The lowest BCUT2D eigenvalue weighted by atomic mass is 9.97. The van der Waals surface area contributed by atoms with Crippen molar-refractivity contribution in [3.63, 3.8) is 0 Å². The van der Waals surface area contributed by atoms with E-state index in [0.717, 1.165) is 31.7 Å². The van der Waals surface area contributed by atoms with E-state index >= 15 is 0 Å². The highest BCUT2D eigenvalue weighted by Crippen LogP contribution is 2.38. The quantitative estimate of drug-likeness (QED) is 0.823. The van der Waals surface area contributed by atoms with Crippen molar-refractivity contribution in [3.05, 3.63) is 57.8 Å². The van der Waals surface area contributed by atoms with E-state index in [-0.39, 0.29) is 11.8 Å². The van der Waals surface area contributed by atoms with E-state index in [1.807, 2.05) is 0 Å². The molecule has 3 rings (SSSR count). The van der Waals surface area contributed by atoms with Gasteiger partial charge in [0, 0.05) is 44.1 Å². The first-order chi connectivity index (χ1) is 12.3. The maximum absolute atomic E-state index is 12.4. The number of pyridine rings is 1. The normalized spacial score (nSPS) is 17.1. The highest BCUT2D eigenvalue weighted by molar-refractivity contribution is 6.35. The zero-order chi connectivity index (χ0) is 18.7. The zero-order valence-electron chi connectivity index (χ0n) is 13.6. The number of rotatable bonds is 4. The van der Waals surface area contributed by atoms with Gasteiger partial charge in [-0.25, -0.2) is 0 Å². The molecule has 0 amide bonds. The fourth-order valence-electron chi connectivity index (χ4n) is 3.03. The molecule has 0 spiro atoms. The fourth-order valence-corrected chi connectivity index (χ4v) is 3.61. The van der Waals surface area contributed by atoms with E-state index in [2.05, 4.69) is 19.9 Å². The highest BCUT2D eigenvalue weighted by Gasteiger charge is 2.32. The van der Waals surface area contributed by atoms with Crippen LogP contribution in [0.5, 0.6) is 5.75 Å². The minimum atomic E-state index is -4.73. The Balaban J connectivity index is 1.98. The first kappa shape index (κ1) is 19.2. The molecule has 0 bridgehead atoms. The van der Waals surface area contributed by atoms with Gasteiger partial charge >= 0.3 is 6.36 Å². The number of nitrogens with zero attached hydrogens (tertiary/aromatic N) is 2. The van der Waals surface area contributed by atoms with Crippen LogP contribution in [0.1, 0.15) is 17.2 Å². The van der Waals surface area contributed by atoms with Crippen molar-refractivity contribution in [2.45, 2.75) is 12.4 Å². The Kier molecular flexibility index (Phi) is 5.92. The van der Waals surface area contributed by atoms with Gasteiger partial charge in [0.1, 0.15) is 5.75 Å². The first-order valence-electron chi connectivity index (χ1n) is 7.94. The van der Waals surface area contributed by atoms with Crippen molar-refractivity contribution < 1.29 is 17.9 Å². The van der Waals surface area contributed by atoms with Gasteiger partial charge in [0.25, 0.3) is 0 Å². The molecule has 0 unspecified atom stereocenters. The monoisotopic (exact) mass is 405 g/mol. The maximum Gasteiger partial charge on any atom is 0.573 e. The van der Waals surface area contributed by atoms with Crippen molar-refractivity contribution in [2.75, 3.05) is 26.2 Å². The summed E-state index contributed by atoms with van der Waals surface area (Å²) in [6.45, 7) is 3.10. The van der Waals surface area contributed by atoms with Gasteiger partial charge in [-0.05, 0) is 17.7 Å². The summed E-state index contributed by atoms with van der Waals surface area (Å²) in [5.41, 5.74) is 1.46. The standard InChI is InChI=1S/C17H16Cl2F3N3O/c18-13-9-24-10-14(19)15(13)16(25-7-5-23-6-8-25)11-1-3-12(4-2-11)26-17(20,21)22/h1-4,9-10,16,23H,5-8H2/t16-/m1/s1. The molecule has 140 valence electrons. The van der Waals surface area contributed by atoms with Crippen LogP contribution in [0.3, 0.4) is 0 Å². The molecule has 1 aliphatic heterocycles. The van der Waals surface area contributed by atoms with Crippen molar-refractivity contribution in [2.24, 2.45) is 0 Å². The SMILES string of the molecule is FC(F)(F)Oc1ccc([C@H](c2c(Cl)cncc2Cl)N2CCNCC2)cc1. The average Bonchev–Trinajstić information content (AvgIpc) is 2.59. The van der Waals surface area contributed by atoms with Gasteiger partial charge in [0.15, 0.2) is 0 Å². The number of ether oxygens (including phenoxy) is 1. The van der Waals surface area contributed by atoms with Crippen LogP contribution in [0, 0.1) is 0 Å². The van der Waals surface area contributed by atoms with Crippen LogP contribution in [0.2, 0.25) is 10.0 Å². The lowest BCUT2D eigenvalue weighted by Gasteiger charge is -2.36. The largest absolute Gasteiger partial charge is 0.573 e. The third-order valence-corrected chi connectivity index (χ3v) is 4.71. The number of alkyl halides is 3. The minimum absolute atomic E-state index is 0.271. The molecule has 26 heavy (non-hydrogen) atoms. The Morgan fingerprint density at radius 1 is 1.04 bits per heavy atom. The molecule has 1 atom stereocenters. The summed E-state index contributed by atoms with van der Waals surface area (Å²) in [6, 6.07) is 5.49. The third kappa shape index (κ3) is 4.59. The molecule has 2 heterocycles. The topological polar surface area (TPSA) is 37.4 Å². The van der Waals surface area contributed by atoms with Crippen molar-refractivity contribution in [1.82, 2.24) is 15.2 Å². The summed E-state index contributed by atoms with van der Waals surface area (Å²) in [5, 5.41) is 4.10. The summed E-state index contributed by atoms with van der Waals surface area (Å²) >= 11 is 12.7. The molecule has 1 aromatic carbocycles. The van der Waals surface area contributed by atoms with Crippen LogP contribution in [-0.4, -0.2) is 42.4 Å². The van der Waals surface area contributed by atoms with Crippen LogP contribution >= 0.6 is 23.2 Å². The zero-order valence-corrected chi connectivity index (χ0v) is 15.1. The molecule has 1 aliphatic rings. The number of hydrogen-bond donors (Lipinski definition) is 1. The summed E-state index contributed by atoms with van der Waals surface area (Å²) < 4.78 is 41.1. The molecule has 0 radical (unpaired) electrons. The summed E-state index contributed by atoms with van der Waals surface area (Å²) in [4.78, 5) is 6.16. The van der Waals surface area contributed by atoms with Gasteiger partial charge in [0.05, 0.1) is 16.1 Å². The second-order valence-corrected chi connectivity index (χ2v) is 6.64. The second kappa shape index (κ2) is 8.00. The number of benzene rings is 1. The van der Waals surface area contributed by atoms with Crippen LogP contribution < -0.4 is 10.1 Å². The summed E-state index contributed by atoms with van der Waals surface area (Å²) in [7, 11) is 0. The van der Waals surface area contributed by atoms with Gasteiger partial charge in [-0.2, -0.15) is 0 Å². The molecule has 9 heteroatoms. The fraction of sp³-hybridized carbons (Fsp3) is 0.353. The first-order valence-corrected chi connectivity index (χ1v) is 8.70. The molecule has 1 aromatic heterocycles. The Morgan fingerprint density at radius 3 is 2.15 bits per heavy atom. The summed E-state index contributed by atoms with van der Waals surface area (Å²) in [6.07, 6.45) is -1.70. The second-order valence-electron chi connectivity index (χ2n) is 5.82. The van der Waals surface area contributed by atoms with Crippen LogP contribution in [-0.2, 0) is 0 Å². The highest BCUT2D eigenvalue weighted by atomic mass is 35.5. The Hall–Kier alpha value is -1.54. The van der Waals surface area contributed by atoms with E-state index in [4.69, 9.17) is 23.2 Å². The van der Waals surface area contributed by atoms with E-state index in [1.165, 1.54) is 24.5 Å². The van der Waals surface area contributed by atoms with E-state index in [1.54, 1.807) is 12.1 Å². The third-order valence-electron chi connectivity index (χ3n) is 4.11. The smallest absolute Gasteiger partial charge is 0.406 e. The van der Waals surface area contributed by atoms with Gasteiger partial charge in [-0.3, -0.25) is 9.88 Å². The van der Waals surface area contributed by atoms with E-state index < -0.39 is 6.36 Å². The van der Waals surface area contributed by atoms with Gasteiger partial charge in [-0.1, -0.05) is 35.3 Å².